The first-order chi connectivity index (χ1) is 8.00. The van der Waals surface area contributed by atoms with Gasteiger partial charge in [0, 0.05) is 6.42 Å². The fraction of sp³-hybridized carbons (Fsp3) is 0.333. The van der Waals surface area contributed by atoms with Crippen molar-refractivity contribution in [1.82, 2.24) is 0 Å². The zero-order valence-electron chi connectivity index (χ0n) is 11.3. The van der Waals surface area contributed by atoms with Crippen molar-refractivity contribution in [3.05, 3.63) is 59.0 Å². The van der Waals surface area contributed by atoms with Gasteiger partial charge in [-0.1, -0.05) is 42.5 Å². The van der Waals surface area contributed by atoms with E-state index in [9.17, 15) is 0 Å². The number of rotatable bonds is 5. The molecule has 1 aromatic rings. The van der Waals surface area contributed by atoms with Crippen molar-refractivity contribution < 1.29 is 4.74 Å². The van der Waals surface area contributed by atoms with Crippen LogP contribution in [0.1, 0.15) is 38.9 Å². The third-order valence-electron chi connectivity index (χ3n) is 2.73. The minimum absolute atomic E-state index is 0.107. The summed E-state index contributed by atoms with van der Waals surface area (Å²) in [6, 6.07) is 10.4. The molecule has 1 aromatic carbocycles. The van der Waals surface area contributed by atoms with Gasteiger partial charge in [-0.25, -0.2) is 0 Å². The lowest BCUT2D eigenvalue weighted by atomic mass is 10.0. The third kappa shape index (κ3) is 4.61. The molecule has 2 heteroatoms. The van der Waals surface area contributed by atoms with Crippen LogP contribution in [0.25, 0.3) is 0 Å². The molecule has 0 heterocycles. The predicted octanol–water partition coefficient (Wildman–Crippen LogP) is 3.33. The van der Waals surface area contributed by atoms with E-state index in [-0.39, 0.29) is 6.10 Å². The molecule has 1 rings (SSSR count). The van der Waals surface area contributed by atoms with Crippen molar-refractivity contribution in [1.29, 1.82) is 0 Å². The molecule has 0 aliphatic heterocycles. The van der Waals surface area contributed by atoms with Crippen LogP contribution in [0.4, 0.5) is 0 Å². The van der Waals surface area contributed by atoms with Crippen molar-refractivity contribution in [2.75, 3.05) is 0 Å². The summed E-state index contributed by atoms with van der Waals surface area (Å²) in [4.78, 5) is 0. The Balaban J connectivity index is 2.89. The van der Waals surface area contributed by atoms with Crippen LogP contribution in [0.15, 0.2) is 53.4 Å². The average molecular weight is 246 g/mol. The zero-order chi connectivity index (χ0) is 12.8. The van der Waals surface area contributed by atoms with Gasteiger partial charge in [0.05, 0.1) is 15.6 Å². The Morgan fingerprint density at radius 3 is 2.29 bits per heavy atom. The third-order valence-corrected chi connectivity index (χ3v) is 3.96. The second-order valence-corrected chi connectivity index (χ2v) is 5.64. The molecule has 1 nitrogen and oxygen atoms in total. The second-order valence-electron chi connectivity index (χ2n) is 4.73. The number of hydrogen-bond acceptors (Lipinski definition) is 1. The molecule has 0 aromatic heterocycles. The van der Waals surface area contributed by atoms with Crippen molar-refractivity contribution in [2.24, 2.45) is 0 Å². The summed E-state index contributed by atoms with van der Waals surface area (Å²) < 4.78 is 6.09. The molecule has 0 spiro atoms. The molecule has 0 amide bonds. The van der Waals surface area contributed by atoms with Crippen molar-refractivity contribution in [3.8, 4) is 0 Å². The Kier molecular flexibility index (Phi) is 5.23. The van der Waals surface area contributed by atoms with Gasteiger partial charge >= 0.3 is 0 Å². The largest absolute Gasteiger partial charge is 0.496 e. The Morgan fingerprint density at radius 2 is 1.82 bits per heavy atom. The highest BCUT2D eigenvalue weighted by molar-refractivity contribution is 6.20. The summed E-state index contributed by atoms with van der Waals surface area (Å²) in [6.07, 6.45) is 0.986. The fourth-order valence-electron chi connectivity index (χ4n) is 1.54. The summed E-state index contributed by atoms with van der Waals surface area (Å²) in [5.74, 6) is 0. The summed E-state index contributed by atoms with van der Waals surface area (Å²) in [6.45, 7) is 10.2. The Labute approximate surface area is 108 Å². The van der Waals surface area contributed by atoms with Gasteiger partial charge in [0.15, 0.2) is 0 Å². The summed E-state index contributed by atoms with van der Waals surface area (Å²) >= 11 is 0. The molecule has 1 atom stereocenters. The van der Waals surface area contributed by atoms with Crippen LogP contribution in [0.3, 0.4) is 0 Å². The minimum atomic E-state index is 0.107. The number of ether oxygens (including phenoxy) is 1. The first kappa shape index (κ1) is 13.8. The number of hydrogen-bond donors (Lipinski definition) is 0. The van der Waals surface area contributed by atoms with E-state index in [0.717, 1.165) is 27.6 Å². The van der Waals surface area contributed by atoms with Crippen molar-refractivity contribution in [3.63, 3.8) is 0 Å². The Hall–Kier alpha value is -1.28. The standard InChI is InChI=1S/C15H22OSi/c1-11(2)10-14(16-15(17)12(3)4)13-8-6-5-7-9-13/h5-9,14H,1,10H2,2-4,17H3. The van der Waals surface area contributed by atoms with Crippen LogP contribution in [0.2, 0.25) is 0 Å². The van der Waals surface area contributed by atoms with Gasteiger partial charge in [-0.05, 0) is 31.9 Å². The van der Waals surface area contributed by atoms with Gasteiger partial charge in [-0.15, -0.1) is 0 Å². The summed E-state index contributed by atoms with van der Waals surface area (Å²) in [5, 5.41) is 1.14. The van der Waals surface area contributed by atoms with E-state index in [4.69, 9.17) is 4.74 Å². The quantitative estimate of drug-likeness (QED) is 0.440. The Morgan fingerprint density at radius 1 is 1.24 bits per heavy atom. The topological polar surface area (TPSA) is 9.23 Å². The van der Waals surface area contributed by atoms with Crippen LogP contribution in [-0.2, 0) is 4.74 Å². The van der Waals surface area contributed by atoms with Crippen LogP contribution >= 0.6 is 0 Å². The van der Waals surface area contributed by atoms with E-state index in [1.807, 2.05) is 6.07 Å². The van der Waals surface area contributed by atoms with E-state index in [1.165, 1.54) is 11.1 Å². The molecule has 92 valence electrons. The van der Waals surface area contributed by atoms with E-state index in [0.29, 0.717) is 0 Å². The molecule has 0 radical (unpaired) electrons. The first-order valence-corrected chi connectivity index (χ1v) is 7.00. The molecular formula is C15H22OSi. The smallest absolute Gasteiger partial charge is 0.126 e. The van der Waals surface area contributed by atoms with Crippen LogP contribution in [-0.4, -0.2) is 10.2 Å². The monoisotopic (exact) mass is 246 g/mol. The van der Waals surface area contributed by atoms with Gasteiger partial charge in [-0.3, -0.25) is 0 Å². The normalized spacial score (nSPS) is 11.9. The first-order valence-electron chi connectivity index (χ1n) is 6.00. The molecule has 0 saturated heterocycles. The van der Waals surface area contributed by atoms with Crippen molar-refractivity contribution in [2.45, 2.75) is 33.3 Å². The van der Waals surface area contributed by atoms with Crippen molar-refractivity contribution >= 4 is 10.2 Å². The van der Waals surface area contributed by atoms with Gasteiger partial charge < -0.3 is 4.74 Å². The summed E-state index contributed by atoms with van der Waals surface area (Å²) in [5.41, 5.74) is 3.66. The highest BCUT2D eigenvalue weighted by atomic mass is 28.1. The Bertz CT molecular complexity index is 402. The lowest BCUT2D eigenvalue weighted by Crippen LogP contribution is -2.06. The highest BCUT2D eigenvalue weighted by Gasteiger charge is 2.13. The average Bonchev–Trinajstić information content (AvgIpc) is 2.28. The van der Waals surface area contributed by atoms with Gasteiger partial charge in [0.25, 0.3) is 0 Å². The molecule has 0 N–H and O–H groups in total. The van der Waals surface area contributed by atoms with E-state index >= 15 is 0 Å². The van der Waals surface area contributed by atoms with Crippen LogP contribution in [0, 0.1) is 0 Å². The van der Waals surface area contributed by atoms with Gasteiger partial charge in [0.2, 0.25) is 0 Å². The van der Waals surface area contributed by atoms with Crippen LogP contribution in [0.5, 0.6) is 0 Å². The lowest BCUT2D eigenvalue weighted by Gasteiger charge is -2.21. The molecule has 1 unspecified atom stereocenters. The van der Waals surface area contributed by atoms with Crippen LogP contribution < -0.4 is 0 Å². The maximum absolute atomic E-state index is 6.09. The maximum Gasteiger partial charge on any atom is 0.126 e. The summed E-state index contributed by atoms with van der Waals surface area (Å²) in [7, 11) is 0.951. The minimum Gasteiger partial charge on any atom is -0.496 e. The molecule has 0 fully saturated rings. The molecular weight excluding hydrogens is 224 g/mol. The number of allylic oxidation sites excluding steroid dienone is 1. The number of benzene rings is 1. The molecule has 0 bridgehead atoms. The second kappa shape index (κ2) is 6.45. The van der Waals surface area contributed by atoms with Gasteiger partial charge in [0.1, 0.15) is 6.10 Å². The zero-order valence-corrected chi connectivity index (χ0v) is 13.3. The molecule has 0 saturated carbocycles. The van der Waals surface area contributed by atoms with E-state index < -0.39 is 0 Å². The van der Waals surface area contributed by atoms with E-state index in [2.05, 4.69) is 51.6 Å². The predicted molar refractivity (Wildman–Crippen MR) is 78.0 cm³/mol. The molecule has 17 heavy (non-hydrogen) atoms. The molecule has 0 aliphatic rings. The van der Waals surface area contributed by atoms with Gasteiger partial charge in [-0.2, -0.15) is 0 Å². The highest BCUT2D eigenvalue weighted by Crippen LogP contribution is 2.26. The molecule has 0 aliphatic carbocycles. The fourth-order valence-corrected chi connectivity index (χ4v) is 1.83. The van der Waals surface area contributed by atoms with E-state index in [1.54, 1.807) is 0 Å². The maximum atomic E-state index is 6.09. The lowest BCUT2D eigenvalue weighted by molar-refractivity contribution is 0.133. The SMILES string of the molecule is C=C(C)CC(OC([SiH3])=C(C)C)c1ccccc1.